The highest BCUT2D eigenvalue weighted by atomic mass is 16.5. The van der Waals surface area contributed by atoms with Crippen LogP contribution in [0.25, 0.3) is 0 Å². The molecule has 0 unspecified atom stereocenters. The van der Waals surface area contributed by atoms with E-state index in [1.54, 1.807) is 6.92 Å². The molecule has 1 fully saturated rings. The summed E-state index contributed by atoms with van der Waals surface area (Å²) in [6.45, 7) is 1.74. The minimum absolute atomic E-state index is 0.0855. The molecule has 0 aliphatic heterocycles. The zero-order chi connectivity index (χ0) is 12.4. The third kappa shape index (κ3) is 2.64. The minimum atomic E-state index is -0.505. The highest BCUT2D eigenvalue weighted by Gasteiger charge is 2.29. The molecule has 0 saturated heterocycles. The smallest absolute Gasteiger partial charge is 0.327 e. The van der Waals surface area contributed by atoms with Gasteiger partial charge in [0.25, 0.3) is 5.56 Å². The second kappa shape index (κ2) is 4.57. The van der Waals surface area contributed by atoms with Gasteiger partial charge in [-0.15, -0.1) is 0 Å². The summed E-state index contributed by atoms with van der Waals surface area (Å²) < 4.78 is 5.78. The van der Waals surface area contributed by atoms with Gasteiger partial charge in [0.2, 0.25) is 0 Å². The first-order valence-electron chi connectivity index (χ1n) is 5.58. The number of esters is 1. The van der Waals surface area contributed by atoms with Crippen LogP contribution in [0.4, 0.5) is 0 Å². The van der Waals surface area contributed by atoms with Gasteiger partial charge >= 0.3 is 5.97 Å². The van der Waals surface area contributed by atoms with Crippen LogP contribution in [0.2, 0.25) is 0 Å². The van der Waals surface area contributed by atoms with Gasteiger partial charge in [0.05, 0.1) is 6.61 Å². The number of carbonyl (C=O) groups excluding carboxylic acids is 1. The predicted octanol–water partition coefficient (Wildman–Crippen LogP) is 0.389. The van der Waals surface area contributed by atoms with E-state index in [0.29, 0.717) is 5.69 Å². The van der Waals surface area contributed by atoms with Gasteiger partial charge in [-0.05, 0) is 19.8 Å². The molecule has 92 valence electrons. The first-order valence-corrected chi connectivity index (χ1v) is 5.58. The molecular weight excluding hydrogens is 224 g/mol. The van der Waals surface area contributed by atoms with Crippen molar-refractivity contribution in [3.63, 3.8) is 0 Å². The van der Waals surface area contributed by atoms with Crippen molar-refractivity contribution in [1.29, 1.82) is 0 Å². The van der Waals surface area contributed by atoms with Gasteiger partial charge in [-0.1, -0.05) is 0 Å². The van der Waals surface area contributed by atoms with E-state index in [4.69, 9.17) is 4.74 Å². The van der Waals surface area contributed by atoms with Crippen molar-refractivity contribution >= 4 is 5.97 Å². The first kappa shape index (κ1) is 11.6. The Kier molecular flexibility index (Phi) is 3.12. The SMILES string of the molecule is CCOC(=O)Cn1nc(C2CC2)c(O)cc1=O. The Balaban J connectivity index is 2.24. The van der Waals surface area contributed by atoms with Crippen LogP contribution in [0, 0.1) is 0 Å². The van der Waals surface area contributed by atoms with E-state index in [1.807, 2.05) is 0 Å². The highest BCUT2D eigenvalue weighted by molar-refractivity contribution is 5.68. The van der Waals surface area contributed by atoms with E-state index in [0.717, 1.165) is 23.6 Å². The van der Waals surface area contributed by atoms with E-state index < -0.39 is 11.5 Å². The Morgan fingerprint density at radius 3 is 2.94 bits per heavy atom. The normalized spacial score (nSPS) is 14.6. The van der Waals surface area contributed by atoms with Gasteiger partial charge in [0.15, 0.2) is 0 Å². The average Bonchev–Trinajstić information content (AvgIpc) is 3.06. The Morgan fingerprint density at radius 1 is 1.65 bits per heavy atom. The maximum atomic E-state index is 11.5. The predicted molar refractivity (Wildman–Crippen MR) is 58.8 cm³/mol. The summed E-state index contributed by atoms with van der Waals surface area (Å²) in [5.41, 5.74) is -0.00569. The molecule has 0 bridgehead atoms. The zero-order valence-corrected chi connectivity index (χ0v) is 9.55. The molecule has 1 heterocycles. The molecule has 1 aromatic heterocycles. The second-order valence-electron chi connectivity index (χ2n) is 3.99. The number of ether oxygens (including phenoxy) is 1. The van der Waals surface area contributed by atoms with Crippen molar-refractivity contribution in [2.45, 2.75) is 32.2 Å². The van der Waals surface area contributed by atoms with Crippen LogP contribution >= 0.6 is 0 Å². The summed E-state index contributed by atoms with van der Waals surface area (Å²) in [5, 5.41) is 13.6. The van der Waals surface area contributed by atoms with Crippen molar-refractivity contribution in [2.75, 3.05) is 6.61 Å². The van der Waals surface area contributed by atoms with Crippen LogP contribution in [0.1, 0.15) is 31.4 Å². The van der Waals surface area contributed by atoms with Crippen LogP contribution in [-0.2, 0) is 16.1 Å². The standard InChI is InChI=1S/C11H14N2O4/c1-2-17-10(16)6-13-9(15)5-8(14)11(12-13)7-3-4-7/h5,7,14H,2-4,6H2,1H3. The van der Waals surface area contributed by atoms with Gasteiger partial charge in [0.1, 0.15) is 18.0 Å². The van der Waals surface area contributed by atoms with E-state index in [1.165, 1.54) is 0 Å². The van der Waals surface area contributed by atoms with E-state index in [-0.39, 0.29) is 24.8 Å². The summed E-state index contributed by atoms with van der Waals surface area (Å²) in [6, 6.07) is 1.10. The Morgan fingerprint density at radius 2 is 2.35 bits per heavy atom. The van der Waals surface area contributed by atoms with E-state index >= 15 is 0 Å². The lowest BCUT2D eigenvalue weighted by Crippen LogP contribution is -2.27. The quantitative estimate of drug-likeness (QED) is 0.767. The zero-order valence-electron chi connectivity index (χ0n) is 9.55. The molecule has 0 spiro atoms. The van der Waals surface area contributed by atoms with Crippen molar-refractivity contribution < 1.29 is 14.6 Å². The lowest BCUT2D eigenvalue weighted by atomic mass is 10.2. The van der Waals surface area contributed by atoms with Gasteiger partial charge < -0.3 is 9.84 Å². The van der Waals surface area contributed by atoms with Crippen molar-refractivity contribution in [3.8, 4) is 5.75 Å². The number of rotatable bonds is 4. The molecule has 1 aromatic rings. The molecule has 1 aliphatic rings. The number of aromatic nitrogens is 2. The van der Waals surface area contributed by atoms with Crippen LogP contribution in [-0.4, -0.2) is 27.5 Å². The lowest BCUT2D eigenvalue weighted by molar-refractivity contribution is -0.144. The van der Waals surface area contributed by atoms with E-state index in [2.05, 4.69) is 5.10 Å². The van der Waals surface area contributed by atoms with Crippen LogP contribution in [0.3, 0.4) is 0 Å². The fraction of sp³-hybridized carbons (Fsp3) is 0.545. The summed E-state index contributed by atoms with van der Waals surface area (Å²) in [5.74, 6) is -0.379. The number of aromatic hydroxyl groups is 1. The number of hydrogen-bond acceptors (Lipinski definition) is 5. The van der Waals surface area contributed by atoms with Crippen LogP contribution in [0.15, 0.2) is 10.9 Å². The van der Waals surface area contributed by atoms with Crippen molar-refractivity contribution in [3.05, 3.63) is 22.1 Å². The molecule has 2 rings (SSSR count). The fourth-order valence-corrected chi connectivity index (χ4v) is 1.59. The molecule has 1 saturated carbocycles. The Bertz CT molecular complexity index is 491. The molecule has 6 nitrogen and oxygen atoms in total. The monoisotopic (exact) mass is 238 g/mol. The maximum Gasteiger partial charge on any atom is 0.327 e. The molecule has 6 heteroatoms. The van der Waals surface area contributed by atoms with Crippen molar-refractivity contribution in [1.82, 2.24) is 9.78 Å². The Hall–Kier alpha value is -1.85. The van der Waals surface area contributed by atoms with Crippen molar-refractivity contribution in [2.24, 2.45) is 0 Å². The molecular formula is C11H14N2O4. The molecule has 0 amide bonds. The summed E-state index contributed by atoms with van der Waals surface area (Å²) >= 11 is 0. The number of nitrogens with zero attached hydrogens (tertiary/aromatic N) is 2. The molecule has 0 aromatic carbocycles. The number of hydrogen-bond donors (Lipinski definition) is 1. The summed E-state index contributed by atoms with van der Waals surface area (Å²) in [4.78, 5) is 22.8. The van der Waals surface area contributed by atoms with Crippen LogP contribution in [0.5, 0.6) is 5.75 Å². The lowest BCUT2D eigenvalue weighted by Gasteiger charge is -2.07. The third-order valence-corrected chi connectivity index (χ3v) is 2.55. The van der Waals surface area contributed by atoms with Gasteiger partial charge in [-0.2, -0.15) is 5.10 Å². The molecule has 0 atom stereocenters. The van der Waals surface area contributed by atoms with Crippen LogP contribution < -0.4 is 5.56 Å². The first-order chi connectivity index (χ1) is 8.11. The van der Waals surface area contributed by atoms with Gasteiger partial charge in [-0.3, -0.25) is 9.59 Å². The topological polar surface area (TPSA) is 81.4 Å². The Labute approximate surface area is 97.8 Å². The highest BCUT2D eigenvalue weighted by Crippen LogP contribution is 2.41. The molecule has 0 radical (unpaired) electrons. The summed E-state index contributed by atoms with van der Waals surface area (Å²) in [6.07, 6.45) is 1.91. The molecule has 1 N–H and O–H groups in total. The average molecular weight is 238 g/mol. The fourth-order valence-electron chi connectivity index (χ4n) is 1.59. The third-order valence-electron chi connectivity index (χ3n) is 2.55. The van der Waals surface area contributed by atoms with Gasteiger partial charge in [0, 0.05) is 12.0 Å². The van der Waals surface area contributed by atoms with E-state index in [9.17, 15) is 14.7 Å². The molecule has 1 aliphatic carbocycles. The maximum absolute atomic E-state index is 11.5. The molecule has 17 heavy (non-hydrogen) atoms. The largest absolute Gasteiger partial charge is 0.506 e. The minimum Gasteiger partial charge on any atom is -0.506 e. The summed E-state index contributed by atoms with van der Waals surface area (Å²) in [7, 11) is 0. The second-order valence-corrected chi connectivity index (χ2v) is 3.99. The number of carbonyl (C=O) groups is 1. The van der Waals surface area contributed by atoms with Gasteiger partial charge in [-0.25, -0.2) is 4.68 Å².